The molecule has 0 atom stereocenters. The molecule has 1 heterocycles. The largest absolute Gasteiger partial charge is 0.465 e. The Morgan fingerprint density at radius 2 is 2.12 bits per heavy atom. The van der Waals surface area contributed by atoms with E-state index in [1.807, 2.05) is 31.2 Å². The normalized spacial score (nSPS) is 10.2. The first-order chi connectivity index (χ1) is 8.15. The average molecular weight is 232 g/mol. The van der Waals surface area contributed by atoms with E-state index in [4.69, 9.17) is 10.3 Å². The fraction of sp³-hybridized carbons (Fsp3) is 0.167. The molecule has 0 saturated carbocycles. The molecule has 5 heteroatoms. The van der Waals surface area contributed by atoms with E-state index in [1.54, 1.807) is 0 Å². The number of anilines is 1. The van der Waals surface area contributed by atoms with Gasteiger partial charge < -0.3 is 15.0 Å². The molecule has 0 spiro atoms. The quantitative estimate of drug-likeness (QED) is 0.801. The van der Waals surface area contributed by atoms with E-state index in [0.29, 0.717) is 5.76 Å². The van der Waals surface area contributed by atoms with Gasteiger partial charge in [-0.25, -0.2) is 4.79 Å². The number of carbonyl (C=O) groups excluding carboxylic acids is 1. The standard InChI is InChI=1S/C12H12N2O3/c1-7-5-3-4-6-8(7)10-9(12(15)16-2)11(13)14-17-10/h3-6H,1-2H3,(H2,13,14). The van der Waals surface area contributed by atoms with Crippen LogP contribution in [0.2, 0.25) is 0 Å². The Morgan fingerprint density at radius 3 is 2.76 bits per heavy atom. The number of hydrogen-bond acceptors (Lipinski definition) is 5. The van der Waals surface area contributed by atoms with Gasteiger partial charge in [0.15, 0.2) is 17.1 Å². The SMILES string of the molecule is COC(=O)c1c(N)noc1-c1ccccc1C. The molecule has 0 fully saturated rings. The summed E-state index contributed by atoms with van der Waals surface area (Å²) >= 11 is 0. The minimum absolute atomic E-state index is 0.0371. The van der Waals surface area contributed by atoms with E-state index in [9.17, 15) is 4.79 Å². The van der Waals surface area contributed by atoms with E-state index >= 15 is 0 Å². The van der Waals surface area contributed by atoms with Gasteiger partial charge in [0.05, 0.1) is 7.11 Å². The molecule has 0 bridgehead atoms. The van der Waals surface area contributed by atoms with Crippen molar-refractivity contribution >= 4 is 11.8 Å². The molecule has 0 unspecified atom stereocenters. The number of nitrogens with two attached hydrogens (primary N) is 1. The lowest BCUT2D eigenvalue weighted by molar-refractivity contribution is 0.0602. The van der Waals surface area contributed by atoms with E-state index < -0.39 is 5.97 Å². The molecule has 0 saturated heterocycles. The van der Waals surface area contributed by atoms with Crippen molar-refractivity contribution in [2.75, 3.05) is 12.8 Å². The third-order valence-electron chi connectivity index (χ3n) is 2.50. The van der Waals surface area contributed by atoms with Crippen LogP contribution in [0.4, 0.5) is 5.82 Å². The molecule has 1 aromatic carbocycles. The first kappa shape index (κ1) is 11.2. The lowest BCUT2D eigenvalue weighted by Gasteiger charge is -2.03. The van der Waals surface area contributed by atoms with Crippen molar-refractivity contribution in [1.82, 2.24) is 5.16 Å². The zero-order chi connectivity index (χ0) is 12.4. The highest BCUT2D eigenvalue weighted by atomic mass is 16.5. The van der Waals surface area contributed by atoms with Gasteiger partial charge in [0.25, 0.3) is 0 Å². The van der Waals surface area contributed by atoms with Gasteiger partial charge in [0.1, 0.15) is 0 Å². The molecule has 0 amide bonds. The van der Waals surface area contributed by atoms with Crippen molar-refractivity contribution in [2.45, 2.75) is 6.92 Å². The molecule has 0 aliphatic rings. The maximum absolute atomic E-state index is 11.6. The lowest BCUT2D eigenvalue weighted by Crippen LogP contribution is -2.05. The molecule has 5 nitrogen and oxygen atoms in total. The van der Waals surface area contributed by atoms with E-state index in [-0.39, 0.29) is 11.4 Å². The van der Waals surface area contributed by atoms with Gasteiger partial charge in [-0.15, -0.1) is 0 Å². The number of nitrogens with zero attached hydrogens (tertiary/aromatic N) is 1. The van der Waals surface area contributed by atoms with Crippen LogP contribution < -0.4 is 5.73 Å². The van der Waals surface area contributed by atoms with Gasteiger partial charge >= 0.3 is 5.97 Å². The highest BCUT2D eigenvalue weighted by molar-refractivity contribution is 6.00. The van der Waals surface area contributed by atoms with Crippen molar-refractivity contribution in [3.63, 3.8) is 0 Å². The van der Waals surface area contributed by atoms with Crippen LogP contribution in [0.5, 0.6) is 0 Å². The molecule has 2 N–H and O–H groups in total. The van der Waals surface area contributed by atoms with Crippen LogP contribution >= 0.6 is 0 Å². The molecule has 2 rings (SSSR count). The first-order valence-corrected chi connectivity index (χ1v) is 5.04. The zero-order valence-corrected chi connectivity index (χ0v) is 9.56. The van der Waals surface area contributed by atoms with E-state index in [2.05, 4.69) is 9.89 Å². The molecule has 2 aromatic rings. The monoisotopic (exact) mass is 232 g/mol. The number of carbonyl (C=O) groups is 1. The van der Waals surface area contributed by atoms with Crippen molar-refractivity contribution in [3.8, 4) is 11.3 Å². The highest BCUT2D eigenvalue weighted by Crippen LogP contribution is 2.30. The third-order valence-corrected chi connectivity index (χ3v) is 2.50. The minimum atomic E-state index is -0.554. The summed E-state index contributed by atoms with van der Waals surface area (Å²) in [4.78, 5) is 11.6. The van der Waals surface area contributed by atoms with Crippen molar-refractivity contribution in [1.29, 1.82) is 0 Å². The summed E-state index contributed by atoms with van der Waals surface area (Å²) < 4.78 is 9.77. The molecule has 1 aromatic heterocycles. The maximum Gasteiger partial charge on any atom is 0.345 e. The van der Waals surface area contributed by atoms with Crippen LogP contribution in [0.25, 0.3) is 11.3 Å². The predicted octanol–water partition coefficient (Wildman–Crippen LogP) is 2.02. The summed E-state index contributed by atoms with van der Waals surface area (Å²) in [5, 5.41) is 3.61. The number of nitrogen functional groups attached to an aromatic ring is 1. The molecule has 0 radical (unpaired) electrons. The first-order valence-electron chi connectivity index (χ1n) is 5.04. The number of aryl methyl sites for hydroxylation is 1. The average Bonchev–Trinajstić information content (AvgIpc) is 2.71. The highest BCUT2D eigenvalue weighted by Gasteiger charge is 2.23. The maximum atomic E-state index is 11.6. The number of esters is 1. The molecule has 0 aliphatic heterocycles. The number of methoxy groups -OCH3 is 1. The molecule has 17 heavy (non-hydrogen) atoms. The Morgan fingerprint density at radius 1 is 1.41 bits per heavy atom. The Hall–Kier alpha value is -2.30. The van der Waals surface area contributed by atoms with Crippen LogP contribution in [0.15, 0.2) is 28.8 Å². The Labute approximate surface area is 98.2 Å². The van der Waals surface area contributed by atoms with Crippen LogP contribution in [0, 0.1) is 6.92 Å². The third kappa shape index (κ3) is 1.87. The second kappa shape index (κ2) is 4.29. The predicted molar refractivity (Wildman–Crippen MR) is 62.4 cm³/mol. The summed E-state index contributed by atoms with van der Waals surface area (Å²) in [5.41, 5.74) is 7.51. The minimum Gasteiger partial charge on any atom is -0.465 e. The smallest absolute Gasteiger partial charge is 0.345 e. The summed E-state index contributed by atoms with van der Waals surface area (Å²) in [7, 11) is 1.29. The van der Waals surface area contributed by atoms with Crippen LogP contribution in [0.1, 0.15) is 15.9 Å². The van der Waals surface area contributed by atoms with Gasteiger partial charge in [-0.2, -0.15) is 0 Å². The molecular weight excluding hydrogens is 220 g/mol. The van der Waals surface area contributed by atoms with Crippen LogP contribution in [0.3, 0.4) is 0 Å². The summed E-state index contributed by atoms with van der Waals surface area (Å²) in [5.74, 6) is -0.176. The number of aromatic nitrogens is 1. The second-order valence-electron chi connectivity index (χ2n) is 3.58. The fourth-order valence-electron chi connectivity index (χ4n) is 1.61. The fourth-order valence-corrected chi connectivity index (χ4v) is 1.61. The molecule has 0 aliphatic carbocycles. The Kier molecular flexibility index (Phi) is 2.82. The number of rotatable bonds is 2. The second-order valence-corrected chi connectivity index (χ2v) is 3.58. The van der Waals surface area contributed by atoms with Crippen LogP contribution in [-0.4, -0.2) is 18.2 Å². The number of ether oxygens (including phenoxy) is 1. The number of hydrogen-bond donors (Lipinski definition) is 1. The summed E-state index contributed by atoms with van der Waals surface area (Å²) in [6, 6.07) is 7.50. The Balaban J connectivity index is 2.61. The molecular formula is C12H12N2O3. The zero-order valence-electron chi connectivity index (χ0n) is 9.56. The number of benzene rings is 1. The van der Waals surface area contributed by atoms with Gasteiger partial charge in [-0.3, -0.25) is 0 Å². The van der Waals surface area contributed by atoms with Crippen molar-refractivity contribution in [3.05, 3.63) is 35.4 Å². The van der Waals surface area contributed by atoms with E-state index in [1.165, 1.54) is 7.11 Å². The van der Waals surface area contributed by atoms with Crippen molar-refractivity contribution in [2.24, 2.45) is 0 Å². The molecule has 88 valence electrons. The van der Waals surface area contributed by atoms with Gasteiger partial charge in [0, 0.05) is 5.56 Å². The summed E-state index contributed by atoms with van der Waals surface area (Å²) in [6.07, 6.45) is 0. The van der Waals surface area contributed by atoms with Gasteiger partial charge in [0.2, 0.25) is 0 Å². The summed E-state index contributed by atoms with van der Waals surface area (Å²) in [6.45, 7) is 1.91. The Bertz CT molecular complexity index is 561. The van der Waals surface area contributed by atoms with Gasteiger partial charge in [-0.05, 0) is 12.5 Å². The lowest BCUT2D eigenvalue weighted by atomic mass is 10.0. The van der Waals surface area contributed by atoms with Crippen molar-refractivity contribution < 1.29 is 14.1 Å². The van der Waals surface area contributed by atoms with Crippen LogP contribution in [-0.2, 0) is 4.74 Å². The topological polar surface area (TPSA) is 78.4 Å². The van der Waals surface area contributed by atoms with E-state index in [0.717, 1.165) is 11.1 Å². The van der Waals surface area contributed by atoms with Gasteiger partial charge in [-0.1, -0.05) is 29.4 Å².